The van der Waals surface area contributed by atoms with E-state index in [0.717, 1.165) is 32.4 Å². The van der Waals surface area contributed by atoms with Gasteiger partial charge in [-0.3, -0.25) is 4.79 Å². The van der Waals surface area contributed by atoms with Crippen LogP contribution in [0.1, 0.15) is 52.4 Å². The number of carbonyl (C=O) groups excluding carboxylic acids is 1. The lowest BCUT2D eigenvalue weighted by Gasteiger charge is -2.40. The molecular weight excluding hydrogens is 250 g/mol. The van der Waals surface area contributed by atoms with Gasteiger partial charge in [0.2, 0.25) is 5.91 Å². The van der Waals surface area contributed by atoms with Crippen LogP contribution in [0.4, 0.5) is 0 Å². The highest BCUT2D eigenvalue weighted by Gasteiger charge is 2.29. The van der Waals surface area contributed by atoms with E-state index in [-0.39, 0.29) is 11.9 Å². The smallest absolute Gasteiger partial charge is 0.239 e. The van der Waals surface area contributed by atoms with Crippen molar-refractivity contribution in [3.63, 3.8) is 0 Å². The first kappa shape index (κ1) is 15.8. The van der Waals surface area contributed by atoms with Gasteiger partial charge in [0.15, 0.2) is 0 Å². The number of amides is 1. The summed E-state index contributed by atoms with van der Waals surface area (Å²) >= 11 is 0. The highest BCUT2D eigenvalue weighted by Crippen LogP contribution is 2.21. The molecule has 1 atom stereocenters. The number of nitrogens with two attached hydrogens (primary N) is 1. The van der Waals surface area contributed by atoms with E-state index in [1.54, 1.807) is 0 Å². The summed E-state index contributed by atoms with van der Waals surface area (Å²) in [6.07, 6.45) is 7.12. The molecule has 1 amide bonds. The molecule has 2 fully saturated rings. The number of likely N-dealkylation sites (tertiary alicyclic amines) is 2. The first-order valence-electron chi connectivity index (χ1n) is 8.36. The van der Waals surface area contributed by atoms with Gasteiger partial charge in [-0.15, -0.1) is 0 Å². The number of nitrogens with zero attached hydrogens (tertiary/aromatic N) is 2. The fourth-order valence-electron chi connectivity index (χ4n) is 3.58. The minimum Gasteiger partial charge on any atom is -0.341 e. The Morgan fingerprint density at radius 1 is 1.10 bits per heavy atom. The van der Waals surface area contributed by atoms with Crippen LogP contribution in [-0.4, -0.2) is 54.0 Å². The van der Waals surface area contributed by atoms with E-state index in [9.17, 15) is 4.79 Å². The molecule has 0 radical (unpaired) electrons. The van der Waals surface area contributed by atoms with Crippen LogP contribution in [0, 0.1) is 5.92 Å². The Bertz CT molecular complexity index is 305. The van der Waals surface area contributed by atoms with Gasteiger partial charge >= 0.3 is 0 Å². The van der Waals surface area contributed by atoms with E-state index in [4.69, 9.17) is 5.73 Å². The van der Waals surface area contributed by atoms with Crippen molar-refractivity contribution in [3.05, 3.63) is 0 Å². The van der Waals surface area contributed by atoms with Crippen molar-refractivity contribution in [1.29, 1.82) is 0 Å². The molecule has 0 saturated carbocycles. The first-order valence-corrected chi connectivity index (χ1v) is 8.36. The molecule has 2 aliphatic heterocycles. The molecule has 2 rings (SSSR count). The summed E-state index contributed by atoms with van der Waals surface area (Å²) in [7, 11) is 0. The van der Waals surface area contributed by atoms with Crippen molar-refractivity contribution in [3.8, 4) is 0 Å². The second-order valence-corrected chi connectivity index (χ2v) is 6.89. The van der Waals surface area contributed by atoms with Gasteiger partial charge in [0.05, 0.1) is 6.04 Å². The normalized spacial score (nSPS) is 24.1. The molecule has 0 aromatic heterocycles. The molecule has 2 saturated heterocycles. The quantitative estimate of drug-likeness (QED) is 0.855. The third-order valence-electron chi connectivity index (χ3n) is 4.73. The highest BCUT2D eigenvalue weighted by molar-refractivity contribution is 5.81. The maximum Gasteiger partial charge on any atom is 0.239 e. The summed E-state index contributed by atoms with van der Waals surface area (Å²) in [6.45, 7) is 8.54. The third kappa shape index (κ3) is 4.19. The Balaban J connectivity index is 1.77. The van der Waals surface area contributed by atoms with E-state index in [2.05, 4.69) is 18.7 Å². The van der Waals surface area contributed by atoms with Crippen molar-refractivity contribution in [2.24, 2.45) is 11.7 Å². The van der Waals surface area contributed by atoms with E-state index in [1.807, 2.05) is 4.90 Å². The zero-order chi connectivity index (χ0) is 14.5. The summed E-state index contributed by atoms with van der Waals surface area (Å²) in [5, 5.41) is 0. The predicted octanol–water partition coefficient (Wildman–Crippen LogP) is 1.84. The summed E-state index contributed by atoms with van der Waals surface area (Å²) in [4.78, 5) is 16.9. The van der Waals surface area contributed by atoms with Crippen molar-refractivity contribution >= 4 is 5.91 Å². The van der Waals surface area contributed by atoms with Gasteiger partial charge in [-0.25, -0.2) is 0 Å². The molecule has 0 aliphatic carbocycles. The van der Waals surface area contributed by atoms with Crippen molar-refractivity contribution in [1.82, 2.24) is 9.80 Å². The Morgan fingerprint density at radius 2 is 1.70 bits per heavy atom. The van der Waals surface area contributed by atoms with Gasteiger partial charge in [-0.2, -0.15) is 0 Å². The third-order valence-corrected chi connectivity index (χ3v) is 4.73. The molecule has 0 aromatic carbocycles. The van der Waals surface area contributed by atoms with Gasteiger partial charge in [0, 0.05) is 19.1 Å². The van der Waals surface area contributed by atoms with E-state index >= 15 is 0 Å². The average Bonchev–Trinajstić information content (AvgIpc) is 2.47. The predicted molar refractivity (Wildman–Crippen MR) is 82.5 cm³/mol. The first-order chi connectivity index (χ1) is 9.58. The summed E-state index contributed by atoms with van der Waals surface area (Å²) < 4.78 is 0. The highest BCUT2D eigenvalue weighted by atomic mass is 16.2. The molecular formula is C16H31N3O. The fraction of sp³-hybridized carbons (Fsp3) is 0.938. The van der Waals surface area contributed by atoms with Crippen LogP contribution in [0.3, 0.4) is 0 Å². The number of piperidine rings is 2. The van der Waals surface area contributed by atoms with Crippen LogP contribution in [0.15, 0.2) is 0 Å². The molecule has 2 aliphatic rings. The van der Waals surface area contributed by atoms with E-state index < -0.39 is 0 Å². The van der Waals surface area contributed by atoms with Gasteiger partial charge in [-0.1, -0.05) is 20.3 Å². The van der Waals surface area contributed by atoms with Crippen LogP contribution >= 0.6 is 0 Å². The van der Waals surface area contributed by atoms with Crippen LogP contribution in [-0.2, 0) is 4.79 Å². The minimum absolute atomic E-state index is 0.163. The van der Waals surface area contributed by atoms with E-state index in [0.29, 0.717) is 12.0 Å². The van der Waals surface area contributed by atoms with Crippen LogP contribution in [0.5, 0.6) is 0 Å². The molecule has 116 valence electrons. The Morgan fingerprint density at radius 3 is 2.25 bits per heavy atom. The molecule has 2 heterocycles. The second kappa shape index (κ2) is 7.41. The Hall–Kier alpha value is -0.610. The zero-order valence-corrected chi connectivity index (χ0v) is 13.2. The largest absolute Gasteiger partial charge is 0.341 e. The standard InChI is InChI=1S/C16H31N3O/c1-13(2)12-15(17)16(20)19-10-6-14(7-11-19)18-8-4-3-5-9-18/h13-15H,3-12,17H2,1-2H3/t15-/m0/s1. The van der Waals surface area contributed by atoms with Crippen LogP contribution in [0.2, 0.25) is 0 Å². The number of hydrogen-bond acceptors (Lipinski definition) is 3. The van der Waals surface area contributed by atoms with Crippen molar-refractivity contribution < 1.29 is 4.79 Å². The minimum atomic E-state index is -0.304. The van der Waals surface area contributed by atoms with Crippen molar-refractivity contribution in [2.45, 2.75) is 64.5 Å². The molecule has 0 unspecified atom stereocenters. The van der Waals surface area contributed by atoms with Gasteiger partial charge < -0.3 is 15.5 Å². The SMILES string of the molecule is CC(C)C[C@H](N)C(=O)N1CCC(N2CCCCC2)CC1. The number of rotatable bonds is 4. The molecule has 0 spiro atoms. The van der Waals surface area contributed by atoms with Gasteiger partial charge in [0.25, 0.3) is 0 Å². The summed E-state index contributed by atoms with van der Waals surface area (Å²) in [6, 6.07) is 0.391. The lowest BCUT2D eigenvalue weighted by molar-refractivity contribution is -0.134. The Kier molecular flexibility index (Phi) is 5.85. The molecule has 20 heavy (non-hydrogen) atoms. The molecule has 0 bridgehead atoms. The second-order valence-electron chi connectivity index (χ2n) is 6.89. The zero-order valence-electron chi connectivity index (χ0n) is 13.2. The van der Waals surface area contributed by atoms with Crippen LogP contribution < -0.4 is 5.73 Å². The van der Waals surface area contributed by atoms with Gasteiger partial charge in [0.1, 0.15) is 0 Å². The summed E-state index contributed by atoms with van der Waals surface area (Å²) in [5.74, 6) is 0.649. The monoisotopic (exact) mass is 281 g/mol. The van der Waals surface area contributed by atoms with Crippen LogP contribution in [0.25, 0.3) is 0 Å². The molecule has 0 aromatic rings. The molecule has 2 N–H and O–H groups in total. The molecule has 4 heteroatoms. The van der Waals surface area contributed by atoms with E-state index in [1.165, 1.54) is 32.4 Å². The fourth-order valence-corrected chi connectivity index (χ4v) is 3.58. The maximum absolute atomic E-state index is 12.3. The van der Waals surface area contributed by atoms with Gasteiger partial charge in [-0.05, 0) is 51.1 Å². The summed E-state index contributed by atoms with van der Waals surface area (Å²) in [5.41, 5.74) is 6.02. The topological polar surface area (TPSA) is 49.6 Å². The maximum atomic E-state index is 12.3. The Labute approximate surface area is 123 Å². The lowest BCUT2D eigenvalue weighted by atomic mass is 9.98. The number of hydrogen-bond donors (Lipinski definition) is 1. The lowest BCUT2D eigenvalue weighted by Crippen LogP contribution is -2.51. The average molecular weight is 281 g/mol. The van der Waals surface area contributed by atoms with Crippen molar-refractivity contribution in [2.75, 3.05) is 26.2 Å². The number of carbonyl (C=O) groups is 1. The molecule has 4 nitrogen and oxygen atoms in total.